The van der Waals surface area contributed by atoms with E-state index in [4.69, 9.17) is 5.26 Å². The van der Waals surface area contributed by atoms with Crippen LogP contribution in [0.5, 0.6) is 0 Å². The molecule has 1 aliphatic rings. The molecule has 0 spiro atoms. The maximum Gasteiger partial charge on any atom is 0.191 e. The first kappa shape index (κ1) is 11.4. The average Bonchev–Trinajstić information content (AvgIpc) is 3.04. The molecule has 1 aromatic heterocycles. The van der Waals surface area contributed by atoms with Crippen molar-refractivity contribution in [2.45, 2.75) is 37.0 Å². The van der Waals surface area contributed by atoms with Crippen molar-refractivity contribution in [2.24, 2.45) is 7.05 Å². The number of hydrogen-bond acceptors (Lipinski definition) is 5. The van der Waals surface area contributed by atoms with Crippen LogP contribution in [0.3, 0.4) is 0 Å². The lowest BCUT2D eigenvalue weighted by atomic mass is 10.4. The molecule has 16 heavy (non-hydrogen) atoms. The summed E-state index contributed by atoms with van der Waals surface area (Å²) in [5.74, 6) is 1.62. The number of aromatic nitrogens is 3. The second-order valence-corrected chi connectivity index (χ2v) is 5.01. The summed E-state index contributed by atoms with van der Waals surface area (Å²) in [5.41, 5.74) is 0. The fraction of sp³-hybridized carbons (Fsp3) is 0.700. The van der Waals surface area contributed by atoms with Gasteiger partial charge >= 0.3 is 0 Å². The van der Waals surface area contributed by atoms with Crippen molar-refractivity contribution in [2.75, 3.05) is 5.75 Å². The standard InChI is InChI=1S/C10H15N5S/c1-7-13-14-10(15(7)2)16-6-9(5-11)12-8-3-4-8/h8-9,12H,3-4,6H2,1-2H3. The van der Waals surface area contributed by atoms with Crippen molar-refractivity contribution < 1.29 is 0 Å². The molecule has 1 heterocycles. The lowest BCUT2D eigenvalue weighted by Gasteiger charge is -2.09. The number of rotatable bonds is 5. The van der Waals surface area contributed by atoms with E-state index in [1.807, 2.05) is 18.5 Å². The predicted octanol–water partition coefficient (Wildman–Crippen LogP) is 0.860. The van der Waals surface area contributed by atoms with E-state index in [9.17, 15) is 0 Å². The zero-order valence-electron chi connectivity index (χ0n) is 9.47. The van der Waals surface area contributed by atoms with Gasteiger partial charge in [0, 0.05) is 18.8 Å². The fourth-order valence-corrected chi connectivity index (χ4v) is 2.24. The number of nitrogens with zero attached hydrogens (tertiary/aromatic N) is 4. The Morgan fingerprint density at radius 1 is 1.62 bits per heavy atom. The molecule has 1 aromatic rings. The normalized spacial score (nSPS) is 17.1. The highest BCUT2D eigenvalue weighted by molar-refractivity contribution is 7.99. The summed E-state index contributed by atoms with van der Waals surface area (Å²) in [6, 6.07) is 2.75. The third kappa shape index (κ3) is 2.74. The Morgan fingerprint density at radius 2 is 2.38 bits per heavy atom. The minimum Gasteiger partial charge on any atom is -0.309 e. The van der Waals surface area contributed by atoms with E-state index in [0.717, 1.165) is 16.7 Å². The Morgan fingerprint density at radius 3 is 2.88 bits per heavy atom. The number of thioether (sulfide) groups is 1. The first-order valence-corrected chi connectivity index (χ1v) is 6.33. The van der Waals surface area contributed by atoms with E-state index in [1.54, 1.807) is 11.8 Å². The van der Waals surface area contributed by atoms with E-state index >= 15 is 0 Å². The van der Waals surface area contributed by atoms with Crippen LogP contribution in [0.1, 0.15) is 18.7 Å². The number of aryl methyl sites for hydroxylation is 1. The van der Waals surface area contributed by atoms with Gasteiger partial charge in [-0.05, 0) is 19.8 Å². The van der Waals surface area contributed by atoms with Crippen LogP contribution in [0, 0.1) is 18.3 Å². The monoisotopic (exact) mass is 237 g/mol. The van der Waals surface area contributed by atoms with Crippen LogP contribution >= 0.6 is 11.8 Å². The van der Waals surface area contributed by atoms with Crippen LogP contribution in [0.2, 0.25) is 0 Å². The third-order valence-electron chi connectivity index (χ3n) is 2.60. The van der Waals surface area contributed by atoms with E-state index in [2.05, 4.69) is 21.6 Å². The summed E-state index contributed by atoms with van der Waals surface area (Å²) >= 11 is 1.57. The van der Waals surface area contributed by atoms with Gasteiger partial charge in [0.2, 0.25) is 0 Å². The molecule has 86 valence electrons. The highest BCUT2D eigenvalue weighted by Crippen LogP contribution is 2.21. The van der Waals surface area contributed by atoms with E-state index < -0.39 is 0 Å². The van der Waals surface area contributed by atoms with Crippen LogP contribution in [0.15, 0.2) is 5.16 Å². The molecule has 1 N–H and O–H groups in total. The smallest absolute Gasteiger partial charge is 0.191 e. The van der Waals surface area contributed by atoms with Gasteiger partial charge in [-0.2, -0.15) is 5.26 Å². The maximum atomic E-state index is 8.99. The minimum atomic E-state index is -0.0884. The Hall–Kier alpha value is -1.06. The van der Waals surface area contributed by atoms with Crippen LogP contribution in [0.25, 0.3) is 0 Å². The molecule has 0 amide bonds. The molecule has 5 nitrogen and oxygen atoms in total. The van der Waals surface area contributed by atoms with Crippen molar-refractivity contribution >= 4 is 11.8 Å². The van der Waals surface area contributed by atoms with Gasteiger partial charge in [0.1, 0.15) is 11.9 Å². The second kappa shape index (κ2) is 4.85. The summed E-state index contributed by atoms with van der Waals surface area (Å²) in [6.07, 6.45) is 2.40. The number of hydrogen-bond donors (Lipinski definition) is 1. The first-order valence-electron chi connectivity index (χ1n) is 5.35. The molecule has 1 unspecified atom stereocenters. The highest BCUT2D eigenvalue weighted by atomic mass is 32.2. The van der Waals surface area contributed by atoms with Crippen LogP contribution in [-0.2, 0) is 7.05 Å². The van der Waals surface area contributed by atoms with Gasteiger partial charge in [-0.25, -0.2) is 0 Å². The Labute approximate surface area is 99.2 Å². The first-order chi connectivity index (χ1) is 7.70. The molecule has 0 aromatic carbocycles. The predicted molar refractivity (Wildman–Crippen MR) is 62.0 cm³/mol. The Balaban J connectivity index is 1.85. The lowest BCUT2D eigenvalue weighted by molar-refractivity contribution is 0.642. The van der Waals surface area contributed by atoms with E-state index in [0.29, 0.717) is 6.04 Å². The Bertz CT molecular complexity index is 404. The van der Waals surface area contributed by atoms with Gasteiger partial charge in [0.25, 0.3) is 0 Å². The topological polar surface area (TPSA) is 66.5 Å². The molecule has 2 rings (SSSR count). The van der Waals surface area contributed by atoms with Crippen molar-refractivity contribution in [3.05, 3.63) is 5.82 Å². The van der Waals surface area contributed by atoms with Gasteiger partial charge in [0.15, 0.2) is 5.16 Å². The largest absolute Gasteiger partial charge is 0.309 e. The molecule has 1 fully saturated rings. The average molecular weight is 237 g/mol. The van der Waals surface area contributed by atoms with E-state index in [-0.39, 0.29) is 6.04 Å². The summed E-state index contributed by atoms with van der Waals surface area (Å²) in [4.78, 5) is 0. The van der Waals surface area contributed by atoms with Crippen molar-refractivity contribution in [3.63, 3.8) is 0 Å². The van der Waals surface area contributed by atoms with Gasteiger partial charge in [-0.3, -0.25) is 5.32 Å². The number of nitriles is 1. The number of nitrogens with one attached hydrogen (secondary N) is 1. The summed E-state index contributed by atoms with van der Waals surface area (Å²) < 4.78 is 1.94. The maximum absolute atomic E-state index is 8.99. The summed E-state index contributed by atoms with van der Waals surface area (Å²) in [5, 5.41) is 21.2. The van der Waals surface area contributed by atoms with Gasteiger partial charge in [0.05, 0.1) is 6.07 Å². The second-order valence-electron chi connectivity index (χ2n) is 4.02. The van der Waals surface area contributed by atoms with Crippen LogP contribution in [-0.4, -0.2) is 32.6 Å². The fourth-order valence-electron chi connectivity index (χ4n) is 1.33. The van der Waals surface area contributed by atoms with Crippen molar-refractivity contribution in [1.29, 1.82) is 5.26 Å². The Kier molecular flexibility index (Phi) is 3.46. The van der Waals surface area contributed by atoms with Gasteiger partial charge in [-0.1, -0.05) is 11.8 Å². The lowest BCUT2D eigenvalue weighted by Crippen LogP contribution is -2.31. The zero-order valence-corrected chi connectivity index (χ0v) is 10.3. The zero-order chi connectivity index (χ0) is 11.5. The van der Waals surface area contributed by atoms with Gasteiger partial charge in [-0.15, -0.1) is 10.2 Å². The molecule has 0 bridgehead atoms. The van der Waals surface area contributed by atoms with Crippen molar-refractivity contribution in [3.8, 4) is 6.07 Å². The molecule has 0 saturated heterocycles. The highest BCUT2D eigenvalue weighted by Gasteiger charge is 2.24. The molecular formula is C10H15N5S. The molecule has 0 radical (unpaired) electrons. The molecular weight excluding hydrogens is 222 g/mol. The summed E-state index contributed by atoms with van der Waals surface area (Å²) in [7, 11) is 1.94. The van der Waals surface area contributed by atoms with Gasteiger partial charge < -0.3 is 4.57 Å². The quantitative estimate of drug-likeness (QED) is 0.769. The van der Waals surface area contributed by atoms with E-state index in [1.165, 1.54) is 12.8 Å². The molecule has 0 aliphatic heterocycles. The summed E-state index contributed by atoms with van der Waals surface area (Å²) in [6.45, 7) is 1.92. The van der Waals surface area contributed by atoms with Crippen molar-refractivity contribution in [1.82, 2.24) is 20.1 Å². The molecule has 6 heteroatoms. The minimum absolute atomic E-state index is 0.0884. The van der Waals surface area contributed by atoms with Crippen LogP contribution in [0.4, 0.5) is 0 Å². The molecule has 1 aliphatic carbocycles. The third-order valence-corrected chi connectivity index (χ3v) is 3.72. The molecule has 1 saturated carbocycles. The van der Waals surface area contributed by atoms with Crippen LogP contribution < -0.4 is 5.32 Å². The molecule has 1 atom stereocenters. The SMILES string of the molecule is Cc1nnc(SCC(C#N)NC2CC2)n1C.